The van der Waals surface area contributed by atoms with Gasteiger partial charge in [-0.1, -0.05) is 24.3 Å². The number of anilines is 3. The predicted octanol–water partition coefficient (Wildman–Crippen LogP) is 6.77. The van der Waals surface area contributed by atoms with Gasteiger partial charge in [-0.2, -0.15) is 5.10 Å². The Morgan fingerprint density at radius 3 is 2.47 bits per heavy atom. The van der Waals surface area contributed by atoms with Gasteiger partial charge in [0.2, 0.25) is 5.95 Å². The van der Waals surface area contributed by atoms with Gasteiger partial charge in [0.25, 0.3) is 12.4 Å². The van der Waals surface area contributed by atoms with Crippen molar-refractivity contribution >= 4 is 35.2 Å². The monoisotopic (exact) mass is 695 g/mol. The van der Waals surface area contributed by atoms with E-state index in [4.69, 9.17) is 29.5 Å². The number of ether oxygens (including phenoxy) is 2. The van der Waals surface area contributed by atoms with Crippen LogP contribution in [0.25, 0.3) is 28.0 Å². The number of carboxylic acid groups (broad SMARTS) is 1. The smallest absolute Gasteiger partial charge is 0.290 e. The number of aromatic nitrogens is 4. The second kappa shape index (κ2) is 16.8. The third-order valence-electron chi connectivity index (χ3n) is 7.46. The van der Waals surface area contributed by atoms with Crippen LogP contribution in [0.1, 0.15) is 16.8 Å². The lowest BCUT2D eigenvalue weighted by Crippen LogP contribution is -2.15. The van der Waals surface area contributed by atoms with Crippen LogP contribution >= 0.6 is 0 Å². The molecule has 0 aliphatic heterocycles. The molecule has 0 spiro atoms. The summed E-state index contributed by atoms with van der Waals surface area (Å²) < 4.78 is 41.8. The minimum atomic E-state index is -0.946. The van der Waals surface area contributed by atoms with Gasteiger partial charge in [-0.3, -0.25) is 9.59 Å². The number of halogens is 2. The maximum atomic E-state index is 14.3. The molecular weight excluding hydrogens is 660 g/mol. The maximum Gasteiger partial charge on any atom is 0.290 e. The van der Waals surface area contributed by atoms with Gasteiger partial charge < -0.3 is 30.1 Å². The number of methoxy groups -OCH3 is 1. The molecule has 3 aromatic carbocycles. The van der Waals surface area contributed by atoms with Crippen molar-refractivity contribution in [3.63, 3.8) is 0 Å². The summed E-state index contributed by atoms with van der Waals surface area (Å²) in [6, 6.07) is 23.2. The summed E-state index contributed by atoms with van der Waals surface area (Å²) in [5, 5.41) is 17.6. The molecule has 0 fully saturated rings. The number of benzene rings is 3. The molecule has 3 heterocycles. The Morgan fingerprint density at radius 1 is 0.961 bits per heavy atom. The third-order valence-corrected chi connectivity index (χ3v) is 7.46. The highest BCUT2D eigenvalue weighted by Gasteiger charge is 2.21. The molecule has 3 aromatic heterocycles. The largest absolute Gasteiger partial charge is 0.493 e. The molecule has 6 rings (SSSR count). The fraction of sp³-hybridized carbons (Fsp3) is 0.162. The summed E-state index contributed by atoms with van der Waals surface area (Å²) in [6.45, 7) is 1.19. The normalized spacial score (nSPS) is 10.7. The number of carbonyl (C=O) groups is 2. The van der Waals surface area contributed by atoms with Crippen molar-refractivity contribution in [2.45, 2.75) is 6.42 Å². The number of carbonyl (C=O) groups excluding carboxylic acids is 1. The van der Waals surface area contributed by atoms with E-state index in [9.17, 15) is 13.6 Å². The Hall–Kier alpha value is -6.41. The van der Waals surface area contributed by atoms with Crippen LogP contribution in [-0.2, 0) is 4.79 Å². The average molecular weight is 696 g/mol. The lowest BCUT2D eigenvalue weighted by atomic mass is 10.0. The molecule has 0 unspecified atom stereocenters. The summed E-state index contributed by atoms with van der Waals surface area (Å²) in [7, 11) is 5.64. The van der Waals surface area contributed by atoms with Crippen LogP contribution in [0.15, 0.2) is 97.3 Å². The first kappa shape index (κ1) is 35.9. The molecule has 0 saturated heterocycles. The molecule has 3 N–H and O–H groups in total. The van der Waals surface area contributed by atoms with Crippen LogP contribution in [0.4, 0.5) is 26.1 Å². The van der Waals surface area contributed by atoms with Crippen LogP contribution in [0.3, 0.4) is 0 Å². The van der Waals surface area contributed by atoms with Gasteiger partial charge in [-0.25, -0.2) is 23.3 Å². The highest BCUT2D eigenvalue weighted by molar-refractivity contribution is 6.05. The first-order valence-corrected chi connectivity index (χ1v) is 15.7. The summed E-state index contributed by atoms with van der Waals surface area (Å²) in [5.41, 5.74) is 3.74. The van der Waals surface area contributed by atoms with E-state index in [0.717, 1.165) is 36.2 Å². The molecule has 51 heavy (non-hydrogen) atoms. The zero-order valence-corrected chi connectivity index (χ0v) is 28.0. The van der Waals surface area contributed by atoms with E-state index in [1.807, 2.05) is 62.8 Å². The fourth-order valence-electron chi connectivity index (χ4n) is 5.22. The number of amides is 1. The zero-order chi connectivity index (χ0) is 36.3. The molecule has 12 nitrogen and oxygen atoms in total. The SMILES string of the molecule is COc1ccc(Nc2nccc(-c3c(-c4cccc(NC(=O)c5c(F)cccc5F)c4)nn4ccccc34)n2)cc1OCCCN(C)C.O=CO. The highest BCUT2D eigenvalue weighted by Crippen LogP contribution is 2.36. The molecule has 0 radical (unpaired) electrons. The predicted molar refractivity (Wildman–Crippen MR) is 190 cm³/mol. The Labute approximate surface area is 292 Å². The Bertz CT molecular complexity index is 2120. The lowest BCUT2D eigenvalue weighted by Gasteiger charge is -2.14. The Kier molecular flexibility index (Phi) is 11.8. The minimum Gasteiger partial charge on any atom is -0.493 e. The molecule has 14 heteroatoms. The summed E-state index contributed by atoms with van der Waals surface area (Å²) in [6.07, 6.45) is 4.34. The van der Waals surface area contributed by atoms with E-state index in [-0.39, 0.29) is 6.47 Å². The van der Waals surface area contributed by atoms with Crippen molar-refractivity contribution in [1.29, 1.82) is 0 Å². The van der Waals surface area contributed by atoms with E-state index in [1.54, 1.807) is 42.1 Å². The molecule has 0 aliphatic rings. The quantitative estimate of drug-likeness (QED) is 0.0927. The van der Waals surface area contributed by atoms with Crippen molar-refractivity contribution in [2.24, 2.45) is 0 Å². The number of nitrogens with one attached hydrogen (secondary N) is 2. The van der Waals surface area contributed by atoms with Crippen molar-refractivity contribution in [2.75, 3.05) is 45.0 Å². The van der Waals surface area contributed by atoms with Crippen molar-refractivity contribution in [1.82, 2.24) is 24.5 Å². The van der Waals surface area contributed by atoms with Crippen molar-refractivity contribution < 1.29 is 33.0 Å². The summed E-state index contributed by atoms with van der Waals surface area (Å²) >= 11 is 0. The van der Waals surface area contributed by atoms with Crippen molar-refractivity contribution in [3.8, 4) is 34.0 Å². The lowest BCUT2D eigenvalue weighted by molar-refractivity contribution is -0.122. The van der Waals surface area contributed by atoms with Crippen LogP contribution in [0.2, 0.25) is 0 Å². The van der Waals surface area contributed by atoms with Gasteiger partial charge in [-0.05, 0) is 75.1 Å². The van der Waals surface area contributed by atoms with Crippen LogP contribution in [-0.4, -0.2) is 76.3 Å². The molecule has 0 saturated carbocycles. The van der Waals surface area contributed by atoms with Gasteiger partial charge in [0.05, 0.1) is 30.5 Å². The van der Waals surface area contributed by atoms with E-state index < -0.39 is 23.1 Å². The molecule has 0 bridgehead atoms. The number of hydrogen-bond acceptors (Lipinski definition) is 9. The minimum absolute atomic E-state index is 0.250. The zero-order valence-electron chi connectivity index (χ0n) is 28.0. The van der Waals surface area contributed by atoms with E-state index >= 15 is 0 Å². The molecule has 262 valence electrons. The number of pyridine rings is 1. The number of rotatable bonds is 12. The molecule has 0 atom stereocenters. The van der Waals surface area contributed by atoms with Crippen molar-refractivity contribution in [3.05, 3.63) is 115 Å². The molecule has 6 aromatic rings. The topological polar surface area (TPSA) is 143 Å². The first-order chi connectivity index (χ1) is 24.7. The first-order valence-electron chi connectivity index (χ1n) is 15.7. The van der Waals surface area contributed by atoms with Crippen LogP contribution < -0.4 is 20.1 Å². The average Bonchev–Trinajstić information content (AvgIpc) is 3.51. The molecular formula is C37H35F2N7O5. The van der Waals surface area contributed by atoms with E-state index in [2.05, 4.69) is 20.5 Å². The highest BCUT2D eigenvalue weighted by atomic mass is 19.1. The number of hydrogen-bond donors (Lipinski definition) is 3. The second-order valence-corrected chi connectivity index (χ2v) is 11.3. The standard InChI is InChI=1S/C36H33F2N7O3.CH2O2/c1-44(2)18-8-20-48-31-22-25(14-15-30(31)47-3)41-36-39-17-16-28(42-36)33-29-13-4-5-19-45(29)43-34(33)23-9-6-10-24(21-23)40-35(46)32-26(37)11-7-12-27(32)38;2-1-3/h4-7,9-17,19,21-22H,8,18,20H2,1-3H3,(H,40,46)(H,39,41,42);1H,(H,2,3). The van der Waals surface area contributed by atoms with Gasteiger partial charge >= 0.3 is 0 Å². The van der Waals surface area contributed by atoms with E-state index in [0.29, 0.717) is 52.4 Å². The maximum absolute atomic E-state index is 14.3. The van der Waals surface area contributed by atoms with Gasteiger partial charge in [0, 0.05) is 41.9 Å². The fourth-order valence-corrected chi connectivity index (χ4v) is 5.22. The summed E-state index contributed by atoms with van der Waals surface area (Å²) in [5.74, 6) is -1.22. The number of nitrogens with zero attached hydrogens (tertiary/aromatic N) is 5. The van der Waals surface area contributed by atoms with Crippen LogP contribution in [0, 0.1) is 11.6 Å². The van der Waals surface area contributed by atoms with Crippen LogP contribution in [0.5, 0.6) is 11.5 Å². The van der Waals surface area contributed by atoms with Gasteiger partial charge in [0.1, 0.15) is 22.9 Å². The summed E-state index contributed by atoms with van der Waals surface area (Å²) in [4.78, 5) is 32.6. The molecule has 1 amide bonds. The third kappa shape index (κ3) is 8.80. The second-order valence-electron chi connectivity index (χ2n) is 11.3. The van der Waals surface area contributed by atoms with Gasteiger partial charge in [0.15, 0.2) is 11.5 Å². The Balaban J connectivity index is 0.00000162. The molecule has 0 aliphatic carbocycles. The van der Waals surface area contributed by atoms with Gasteiger partial charge in [-0.15, -0.1) is 0 Å². The van der Waals surface area contributed by atoms with E-state index in [1.165, 1.54) is 6.07 Å². The Morgan fingerprint density at radius 2 is 1.73 bits per heavy atom. The number of fused-ring (bicyclic) bond motifs is 1.